The van der Waals surface area contributed by atoms with Crippen LogP contribution in [0.3, 0.4) is 0 Å². The molecule has 0 N–H and O–H groups in total. The number of methoxy groups -OCH3 is 2. The van der Waals surface area contributed by atoms with E-state index in [2.05, 4.69) is 17.0 Å². The second-order valence-corrected chi connectivity index (χ2v) is 9.09. The number of piperidine rings is 1. The van der Waals surface area contributed by atoms with E-state index in [9.17, 15) is 8.42 Å². The summed E-state index contributed by atoms with van der Waals surface area (Å²) in [6.45, 7) is 2.58. The maximum absolute atomic E-state index is 12.9. The van der Waals surface area contributed by atoms with Gasteiger partial charge in [0.1, 0.15) is 11.5 Å². The molecule has 0 aliphatic carbocycles. The molecular formula is C21H27NO4S. The average Bonchev–Trinajstić information content (AvgIpc) is 2.73. The monoisotopic (exact) mass is 389 g/mol. The molecule has 1 saturated heterocycles. The lowest BCUT2D eigenvalue weighted by molar-refractivity contribution is 0.232. The van der Waals surface area contributed by atoms with Gasteiger partial charge in [0.25, 0.3) is 0 Å². The molecule has 0 saturated carbocycles. The summed E-state index contributed by atoms with van der Waals surface area (Å²) in [5.41, 5.74) is 1.27. The van der Waals surface area contributed by atoms with Gasteiger partial charge < -0.3 is 14.4 Å². The van der Waals surface area contributed by atoms with Gasteiger partial charge in [0.15, 0.2) is 9.84 Å². The van der Waals surface area contributed by atoms with Gasteiger partial charge in [-0.05, 0) is 74.3 Å². The molecule has 1 fully saturated rings. The maximum atomic E-state index is 12.9. The van der Waals surface area contributed by atoms with E-state index in [0.717, 1.165) is 31.8 Å². The lowest BCUT2D eigenvalue weighted by Gasteiger charge is -2.31. The molecule has 2 aromatic rings. The molecule has 2 aromatic carbocycles. The van der Waals surface area contributed by atoms with Crippen molar-refractivity contribution in [3.8, 4) is 11.5 Å². The third-order valence-electron chi connectivity index (χ3n) is 5.24. The highest BCUT2D eigenvalue weighted by molar-refractivity contribution is 7.92. The summed E-state index contributed by atoms with van der Waals surface area (Å²) in [6.07, 6.45) is 2.31. The third-order valence-corrected chi connectivity index (χ3v) is 7.52. The molecule has 1 aliphatic rings. The molecule has 0 atom stereocenters. The van der Waals surface area contributed by atoms with Gasteiger partial charge in [0.2, 0.25) is 0 Å². The van der Waals surface area contributed by atoms with Gasteiger partial charge in [-0.15, -0.1) is 0 Å². The fourth-order valence-electron chi connectivity index (χ4n) is 3.48. The molecule has 27 heavy (non-hydrogen) atoms. The normalized spacial score (nSPS) is 16.2. The van der Waals surface area contributed by atoms with Crippen LogP contribution >= 0.6 is 0 Å². The summed E-state index contributed by atoms with van der Waals surface area (Å²) in [5.74, 6) is 1.53. The van der Waals surface area contributed by atoms with E-state index in [1.165, 1.54) is 5.56 Å². The van der Waals surface area contributed by atoms with Crippen LogP contribution in [0.15, 0.2) is 53.4 Å². The lowest BCUT2D eigenvalue weighted by Crippen LogP contribution is -2.40. The Morgan fingerprint density at radius 3 is 1.93 bits per heavy atom. The van der Waals surface area contributed by atoms with Crippen molar-refractivity contribution >= 4 is 9.84 Å². The Labute approximate surface area is 161 Å². The molecule has 6 heteroatoms. The van der Waals surface area contributed by atoms with Crippen molar-refractivity contribution < 1.29 is 17.9 Å². The quantitative estimate of drug-likeness (QED) is 0.728. The van der Waals surface area contributed by atoms with Crippen molar-refractivity contribution in [2.75, 3.05) is 33.9 Å². The van der Waals surface area contributed by atoms with Gasteiger partial charge in [-0.25, -0.2) is 8.42 Å². The molecule has 5 nitrogen and oxygen atoms in total. The molecule has 0 unspecified atom stereocenters. The van der Waals surface area contributed by atoms with Crippen LogP contribution in [0.25, 0.3) is 0 Å². The molecule has 3 rings (SSSR count). The molecule has 0 radical (unpaired) electrons. The number of sulfone groups is 1. The number of rotatable bonds is 7. The highest BCUT2D eigenvalue weighted by atomic mass is 32.2. The minimum absolute atomic E-state index is 0.303. The van der Waals surface area contributed by atoms with Gasteiger partial charge in [-0.2, -0.15) is 0 Å². The first-order valence-corrected chi connectivity index (χ1v) is 10.8. The number of hydrogen-bond acceptors (Lipinski definition) is 5. The summed E-state index contributed by atoms with van der Waals surface area (Å²) in [5, 5.41) is -0.303. The first-order valence-electron chi connectivity index (χ1n) is 9.26. The Morgan fingerprint density at radius 2 is 1.41 bits per heavy atom. The summed E-state index contributed by atoms with van der Waals surface area (Å²) in [6, 6.07) is 14.8. The molecule has 0 bridgehead atoms. The summed E-state index contributed by atoms with van der Waals surface area (Å²) < 4.78 is 36.0. The highest BCUT2D eigenvalue weighted by Crippen LogP contribution is 2.26. The van der Waals surface area contributed by atoms with E-state index in [1.807, 2.05) is 12.1 Å². The van der Waals surface area contributed by atoms with Crippen LogP contribution in [-0.4, -0.2) is 52.4 Å². The van der Waals surface area contributed by atoms with Crippen LogP contribution in [0.1, 0.15) is 18.4 Å². The molecular weight excluding hydrogens is 362 g/mol. The van der Waals surface area contributed by atoms with Crippen LogP contribution < -0.4 is 9.47 Å². The van der Waals surface area contributed by atoms with E-state index in [-0.39, 0.29) is 5.25 Å². The lowest BCUT2D eigenvalue weighted by atomic mass is 10.1. The molecule has 0 spiro atoms. The van der Waals surface area contributed by atoms with E-state index >= 15 is 0 Å². The number of nitrogens with zero attached hydrogens (tertiary/aromatic N) is 1. The van der Waals surface area contributed by atoms with E-state index in [1.54, 1.807) is 38.5 Å². The Morgan fingerprint density at radius 1 is 0.889 bits per heavy atom. The van der Waals surface area contributed by atoms with Crippen molar-refractivity contribution in [3.63, 3.8) is 0 Å². The molecule has 146 valence electrons. The number of ether oxygens (including phenoxy) is 2. The van der Waals surface area contributed by atoms with Crippen molar-refractivity contribution in [1.82, 2.24) is 4.90 Å². The predicted octanol–water partition coefficient (Wildman–Crippen LogP) is 3.18. The molecule has 1 heterocycles. The Balaban J connectivity index is 1.52. The predicted molar refractivity (Wildman–Crippen MR) is 106 cm³/mol. The molecule has 1 aliphatic heterocycles. The zero-order chi connectivity index (χ0) is 19.3. The van der Waals surface area contributed by atoms with Gasteiger partial charge in [0.05, 0.1) is 24.4 Å². The highest BCUT2D eigenvalue weighted by Gasteiger charge is 2.31. The van der Waals surface area contributed by atoms with Crippen LogP contribution in [0.5, 0.6) is 11.5 Å². The summed E-state index contributed by atoms with van der Waals surface area (Å²) in [4.78, 5) is 2.74. The van der Waals surface area contributed by atoms with Crippen LogP contribution in [0, 0.1) is 0 Å². The second-order valence-electron chi connectivity index (χ2n) is 6.86. The fraction of sp³-hybridized carbons (Fsp3) is 0.429. The van der Waals surface area contributed by atoms with Crippen molar-refractivity contribution in [3.05, 3.63) is 54.1 Å². The number of likely N-dealkylation sites (tertiary alicyclic amines) is 1. The van der Waals surface area contributed by atoms with Crippen molar-refractivity contribution in [2.24, 2.45) is 0 Å². The molecule has 0 amide bonds. The summed E-state index contributed by atoms with van der Waals surface area (Å²) in [7, 11) is -0.0410. The summed E-state index contributed by atoms with van der Waals surface area (Å²) >= 11 is 0. The average molecular weight is 390 g/mol. The standard InChI is InChI=1S/C21H27NO4S/c1-25-18-5-3-17(4-6-18)11-14-22-15-12-21(13-16-22)27(23,24)20-9-7-19(26-2)8-10-20/h3-10,21H,11-16H2,1-2H3. The van der Waals surface area contributed by atoms with Crippen molar-refractivity contribution in [2.45, 2.75) is 29.4 Å². The first-order chi connectivity index (χ1) is 13.0. The maximum Gasteiger partial charge on any atom is 0.181 e. The van der Waals surface area contributed by atoms with Gasteiger partial charge in [0, 0.05) is 6.54 Å². The topological polar surface area (TPSA) is 55.8 Å². The van der Waals surface area contributed by atoms with E-state index in [4.69, 9.17) is 9.47 Å². The Kier molecular flexibility index (Phi) is 6.39. The SMILES string of the molecule is COc1ccc(CCN2CCC(S(=O)(=O)c3ccc(OC)cc3)CC2)cc1. The van der Waals surface area contributed by atoms with E-state index < -0.39 is 9.84 Å². The second kappa shape index (κ2) is 8.76. The van der Waals surface area contributed by atoms with Gasteiger partial charge in [-0.1, -0.05) is 12.1 Å². The molecule has 0 aromatic heterocycles. The fourth-order valence-corrected chi connectivity index (χ4v) is 5.21. The van der Waals surface area contributed by atoms with Crippen LogP contribution in [-0.2, 0) is 16.3 Å². The van der Waals surface area contributed by atoms with Gasteiger partial charge in [-0.3, -0.25) is 0 Å². The Hall–Kier alpha value is -2.05. The largest absolute Gasteiger partial charge is 0.497 e. The van der Waals surface area contributed by atoms with Crippen LogP contribution in [0.4, 0.5) is 0 Å². The Bertz CT molecular complexity index is 823. The minimum atomic E-state index is -3.28. The van der Waals surface area contributed by atoms with Crippen LogP contribution in [0.2, 0.25) is 0 Å². The first kappa shape index (κ1) is 19.7. The number of benzene rings is 2. The van der Waals surface area contributed by atoms with Gasteiger partial charge >= 0.3 is 0 Å². The number of hydrogen-bond donors (Lipinski definition) is 0. The van der Waals surface area contributed by atoms with Crippen molar-refractivity contribution in [1.29, 1.82) is 0 Å². The third kappa shape index (κ3) is 4.82. The minimum Gasteiger partial charge on any atom is -0.497 e. The zero-order valence-electron chi connectivity index (χ0n) is 15.9. The zero-order valence-corrected chi connectivity index (χ0v) is 16.7. The van der Waals surface area contributed by atoms with E-state index in [0.29, 0.717) is 23.5 Å². The smallest absolute Gasteiger partial charge is 0.181 e.